The van der Waals surface area contributed by atoms with Crippen LogP contribution in [0, 0.1) is 11.6 Å². The lowest BCUT2D eigenvalue weighted by Gasteiger charge is -2.43. The molecular formula is C14H17F2NO3. The van der Waals surface area contributed by atoms with E-state index in [0.717, 1.165) is 18.2 Å². The van der Waals surface area contributed by atoms with Crippen LogP contribution in [-0.4, -0.2) is 42.3 Å². The molecule has 0 aliphatic carbocycles. The average molecular weight is 285 g/mol. The molecule has 1 fully saturated rings. The predicted octanol–water partition coefficient (Wildman–Crippen LogP) is 1.99. The number of carboxylic acids is 1. The first-order valence-corrected chi connectivity index (χ1v) is 6.43. The van der Waals surface area contributed by atoms with Gasteiger partial charge in [0.15, 0.2) is 0 Å². The molecule has 6 heteroatoms. The first-order valence-electron chi connectivity index (χ1n) is 6.43. The van der Waals surface area contributed by atoms with Gasteiger partial charge >= 0.3 is 5.97 Å². The molecule has 0 radical (unpaired) electrons. The number of aliphatic carboxylic acids is 1. The molecule has 1 saturated heterocycles. The molecule has 2 rings (SSSR count). The Hall–Kier alpha value is -1.53. The van der Waals surface area contributed by atoms with E-state index >= 15 is 0 Å². The van der Waals surface area contributed by atoms with Crippen molar-refractivity contribution in [3.05, 3.63) is 35.4 Å². The summed E-state index contributed by atoms with van der Waals surface area (Å²) in [5.41, 5.74) is -1.02. The van der Waals surface area contributed by atoms with Crippen LogP contribution in [0.3, 0.4) is 0 Å². The molecule has 0 spiro atoms. The SMILES string of the molecule is CC(CC(=O)O)(c1cc(F)ccc1F)N1CCOCC1. The van der Waals surface area contributed by atoms with Crippen molar-refractivity contribution in [2.75, 3.05) is 26.3 Å². The van der Waals surface area contributed by atoms with Crippen molar-refractivity contribution >= 4 is 5.97 Å². The fraction of sp³-hybridized carbons (Fsp3) is 0.500. The highest BCUT2D eigenvalue weighted by atomic mass is 19.1. The Morgan fingerprint density at radius 2 is 2.05 bits per heavy atom. The van der Waals surface area contributed by atoms with Crippen molar-refractivity contribution in [2.24, 2.45) is 0 Å². The van der Waals surface area contributed by atoms with Crippen LogP contribution in [0.4, 0.5) is 8.78 Å². The topological polar surface area (TPSA) is 49.8 Å². The molecule has 1 aliphatic heterocycles. The summed E-state index contributed by atoms with van der Waals surface area (Å²) in [6.07, 6.45) is -0.298. The van der Waals surface area contributed by atoms with E-state index in [1.54, 1.807) is 6.92 Å². The number of rotatable bonds is 4. The van der Waals surface area contributed by atoms with Crippen molar-refractivity contribution in [3.8, 4) is 0 Å². The molecule has 1 aromatic carbocycles. The Morgan fingerprint density at radius 3 is 2.65 bits per heavy atom. The van der Waals surface area contributed by atoms with E-state index in [9.17, 15) is 13.6 Å². The minimum Gasteiger partial charge on any atom is -0.481 e. The lowest BCUT2D eigenvalue weighted by molar-refractivity contribution is -0.141. The maximum Gasteiger partial charge on any atom is 0.305 e. The summed E-state index contributed by atoms with van der Waals surface area (Å²) >= 11 is 0. The Labute approximate surface area is 116 Å². The first kappa shape index (κ1) is 14.9. The van der Waals surface area contributed by atoms with E-state index in [2.05, 4.69) is 0 Å². The Balaban J connectivity index is 2.44. The Bertz CT molecular complexity index is 503. The van der Waals surface area contributed by atoms with Gasteiger partial charge in [0, 0.05) is 18.7 Å². The first-order chi connectivity index (χ1) is 9.43. The van der Waals surface area contributed by atoms with Gasteiger partial charge in [-0.3, -0.25) is 9.69 Å². The number of ether oxygens (including phenoxy) is 1. The smallest absolute Gasteiger partial charge is 0.305 e. The van der Waals surface area contributed by atoms with Crippen molar-refractivity contribution in [1.29, 1.82) is 0 Å². The summed E-state index contributed by atoms with van der Waals surface area (Å²) in [5.74, 6) is -2.23. The van der Waals surface area contributed by atoms with Crippen molar-refractivity contribution in [1.82, 2.24) is 4.90 Å². The molecule has 0 aromatic heterocycles. The van der Waals surface area contributed by atoms with Gasteiger partial charge in [-0.2, -0.15) is 0 Å². The van der Waals surface area contributed by atoms with Gasteiger partial charge in [0.05, 0.1) is 25.2 Å². The second-order valence-electron chi connectivity index (χ2n) is 5.07. The molecule has 1 N–H and O–H groups in total. The number of carboxylic acid groups (broad SMARTS) is 1. The molecule has 20 heavy (non-hydrogen) atoms. The average Bonchev–Trinajstić information content (AvgIpc) is 2.41. The zero-order valence-corrected chi connectivity index (χ0v) is 11.2. The van der Waals surface area contributed by atoms with Crippen LogP contribution < -0.4 is 0 Å². The summed E-state index contributed by atoms with van der Waals surface area (Å²) in [6, 6.07) is 3.14. The molecule has 110 valence electrons. The van der Waals surface area contributed by atoms with Crippen LogP contribution >= 0.6 is 0 Å². The third kappa shape index (κ3) is 2.96. The fourth-order valence-electron chi connectivity index (χ4n) is 2.64. The van der Waals surface area contributed by atoms with Gasteiger partial charge in [-0.05, 0) is 25.1 Å². The van der Waals surface area contributed by atoms with Crippen molar-refractivity contribution < 1.29 is 23.4 Å². The lowest BCUT2D eigenvalue weighted by atomic mass is 9.85. The van der Waals surface area contributed by atoms with Crippen LogP contribution in [0.2, 0.25) is 0 Å². The third-order valence-corrected chi connectivity index (χ3v) is 3.71. The summed E-state index contributed by atoms with van der Waals surface area (Å²) in [4.78, 5) is 13.0. The van der Waals surface area contributed by atoms with Crippen LogP contribution in [0.25, 0.3) is 0 Å². The van der Waals surface area contributed by atoms with Gasteiger partial charge < -0.3 is 9.84 Å². The fourth-order valence-corrected chi connectivity index (χ4v) is 2.64. The molecule has 1 atom stereocenters. The highest BCUT2D eigenvalue weighted by Gasteiger charge is 2.39. The summed E-state index contributed by atoms with van der Waals surface area (Å²) in [5, 5.41) is 9.13. The van der Waals surface area contributed by atoms with Gasteiger partial charge in [0.25, 0.3) is 0 Å². The quantitative estimate of drug-likeness (QED) is 0.919. The van der Waals surface area contributed by atoms with E-state index in [4.69, 9.17) is 9.84 Å². The third-order valence-electron chi connectivity index (χ3n) is 3.71. The van der Waals surface area contributed by atoms with Gasteiger partial charge in [0.2, 0.25) is 0 Å². The monoisotopic (exact) mass is 285 g/mol. The van der Waals surface area contributed by atoms with E-state index in [1.165, 1.54) is 0 Å². The van der Waals surface area contributed by atoms with Crippen molar-refractivity contribution in [2.45, 2.75) is 18.9 Å². The Kier molecular flexibility index (Phi) is 4.35. The number of hydrogen-bond acceptors (Lipinski definition) is 3. The Morgan fingerprint density at radius 1 is 1.40 bits per heavy atom. The van der Waals surface area contributed by atoms with Crippen LogP contribution in [0.5, 0.6) is 0 Å². The zero-order valence-electron chi connectivity index (χ0n) is 11.2. The van der Waals surface area contributed by atoms with Gasteiger partial charge in [-0.15, -0.1) is 0 Å². The van der Waals surface area contributed by atoms with Crippen LogP contribution in [0.1, 0.15) is 18.9 Å². The highest BCUT2D eigenvalue weighted by Crippen LogP contribution is 2.34. The molecule has 0 saturated carbocycles. The number of nitrogens with zero attached hydrogens (tertiary/aromatic N) is 1. The summed E-state index contributed by atoms with van der Waals surface area (Å²) in [7, 11) is 0. The summed E-state index contributed by atoms with van der Waals surface area (Å²) < 4.78 is 32.7. The maximum absolute atomic E-state index is 14.1. The maximum atomic E-state index is 14.1. The minimum atomic E-state index is -1.10. The highest BCUT2D eigenvalue weighted by molar-refractivity contribution is 5.69. The van der Waals surface area contributed by atoms with E-state index < -0.39 is 23.1 Å². The van der Waals surface area contributed by atoms with Gasteiger partial charge in [-0.25, -0.2) is 8.78 Å². The van der Waals surface area contributed by atoms with E-state index in [1.807, 2.05) is 4.90 Å². The minimum absolute atomic E-state index is 0.0711. The summed E-state index contributed by atoms with van der Waals surface area (Å²) in [6.45, 7) is 3.50. The number of hydrogen-bond donors (Lipinski definition) is 1. The normalized spacial score (nSPS) is 19.6. The van der Waals surface area contributed by atoms with Crippen LogP contribution in [0.15, 0.2) is 18.2 Å². The molecule has 1 aliphatic rings. The number of carbonyl (C=O) groups is 1. The van der Waals surface area contributed by atoms with Gasteiger partial charge in [0.1, 0.15) is 11.6 Å². The van der Waals surface area contributed by atoms with Gasteiger partial charge in [-0.1, -0.05) is 0 Å². The van der Waals surface area contributed by atoms with Crippen molar-refractivity contribution in [3.63, 3.8) is 0 Å². The zero-order chi connectivity index (χ0) is 14.8. The predicted molar refractivity (Wildman–Crippen MR) is 68.4 cm³/mol. The molecular weight excluding hydrogens is 268 g/mol. The standard InChI is InChI=1S/C14H17F2NO3/c1-14(9-13(18)19,17-4-6-20-7-5-17)11-8-10(15)2-3-12(11)16/h2-3,8H,4-7,9H2,1H3,(H,18,19). The largest absolute Gasteiger partial charge is 0.481 e. The molecule has 1 aromatic rings. The number of halogens is 2. The van der Waals surface area contributed by atoms with Crippen LogP contribution in [-0.2, 0) is 15.1 Å². The second-order valence-corrected chi connectivity index (χ2v) is 5.07. The number of morpholine rings is 1. The van der Waals surface area contributed by atoms with E-state index in [0.29, 0.717) is 26.3 Å². The molecule has 0 bridgehead atoms. The lowest BCUT2D eigenvalue weighted by Crippen LogP contribution is -2.51. The molecule has 1 heterocycles. The number of benzene rings is 1. The molecule has 0 amide bonds. The molecule has 1 unspecified atom stereocenters. The molecule has 4 nitrogen and oxygen atoms in total. The second kappa shape index (κ2) is 5.85. The van der Waals surface area contributed by atoms with E-state index in [-0.39, 0.29) is 12.0 Å².